The van der Waals surface area contributed by atoms with Gasteiger partial charge >= 0.3 is 0 Å². The summed E-state index contributed by atoms with van der Waals surface area (Å²) in [5.41, 5.74) is 2.66. The first-order chi connectivity index (χ1) is 5.24. The summed E-state index contributed by atoms with van der Waals surface area (Å²) in [5.74, 6) is 0. The highest BCUT2D eigenvalue weighted by Crippen LogP contribution is 2.11. The molecule has 1 rings (SSSR count). The van der Waals surface area contributed by atoms with Gasteiger partial charge in [0.05, 0.1) is 11.4 Å². The van der Waals surface area contributed by atoms with Gasteiger partial charge in [-0.3, -0.25) is 9.78 Å². The largest absolute Gasteiger partial charge is 0.327 e. The Balaban J connectivity index is 3.01. The van der Waals surface area contributed by atoms with Gasteiger partial charge in [0, 0.05) is 6.20 Å². The third-order valence-electron chi connectivity index (χ3n) is 1.44. The number of nitrogens with one attached hydrogen (secondary N) is 1. The molecule has 11 heavy (non-hydrogen) atoms. The molecule has 1 N–H and O–H groups in total. The van der Waals surface area contributed by atoms with E-state index in [2.05, 4.69) is 10.3 Å². The Morgan fingerprint density at radius 3 is 2.91 bits per heavy atom. The molecule has 3 heteroatoms. The van der Waals surface area contributed by atoms with E-state index in [1.807, 2.05) is 19.9 Å². The van der Waals surface area contributed by atoms with Crippen molar-refractivity contribution < 1.29 is 4.79 Å². The SMILES string of the molecule is Cc1cnc(C)c(NC=O)c1. The summed E-state index contributed by atoms with van der Waals surface area (Å²) < 4.78 is 0. The van der Waals surface area contributed by atoms with Crippen molar-refractivity contribution in [3.05, 3.63) is 23.5 Å². The van der Waals surface area contributed by atoms with Crippen molar-refractivity contribution in [3.8, 4) is 0 Å². The van der Waals surface area contributed by atoms with Crippen LogP contribution in [0.4, 0.5) is 5.69 Å². The first-order valence-corrected chi connectivity index (χ1v) is 3.37. The van der Waals surface area contributed by atoms with Gasteiger partial charge in [-0.15, -0.1) is 0 Å². The van der Waals surface area contributed by atoms with E-state index in [4.69, 9.17) is 0 Å². The van der Waals surface area contributed by atoms with E-state index in [1.165, 1.54) is 0 Å². The fourth-order valence-electron chi connectivity index (χ4n) is 0.847. The fourth-order valence-corrected chi connectivity index (χ4v) is 0.847. The van der Waals surface area contributed by atoms with Crippen molar-refractivity contribution in [2.45, 2.75) is 13.8 Å². The fraction of sp³-hybridized carbons (Fsp3) is 0.250. The topological polar surface area (TPSA) is 42.0 Å². The average molecular weight is 150 g/mol. The number of aromatic nitrogens is 1. The third kappa shape index (κ3) is 1.77. The van der Waals surface area contributed by atoms with Gasteiger partial charge in [0.25, 0.3) is 0 Å². The summed E-state index contributed by atoms with van der Waals surface area (Å²) in [7, 11) is 0. The van der Waals surface area contributed by atoms with Gasteiger partial charge in [-0.2, -0.15) is 0 Å². The first kappa shape index (κ1) is 7.72. The highest BCUT2D eigenvalue weighted by Gasteiger charge is 1.96. The minimum absolute atomic E-state index is 0.656. The number of carbonyl (C=O) groups excluding carboxylic acids is 1. The Labute approximate surface area is 65.5 Å². The van der Waals surface area contributed by atoms with Gasteiger partial charge in [-0.25, -0.2) is 0 Å². The van der Waals surface area contributed by atoms with E-state index in [-0.39, 0.29) is 0 Å². The lowest BCUT2D eigenvalue weighted by atomic mass is 10.2. The van der Waals surface area contributed by atoms with Crippen LogP contribution in [0.1, 0.15) is 11.3 Å². The molecule has 0 saturated heterocycles. The molecule has 0 bridgehead atoms. The van der Waals surface area contributed by atoms with Crippen LogP contribution in [0.3, 0.4) is 0 Å². The number of amides is 1. The summed E-state index contributed by atoms with van der Waals surface area (Å²) in [4.78, 5) is 14.2. The number of pyridine rings is 1. The minimum Gasteiger partial charge on any atom is -0.327 e. The van der Waals surface area contributed by atoms with Crippen LogP contribution in [0.2, 0.25) is 0 Å². The van der Waals surface area contributed by atoms with Crippen LogP contribution in [-0.4, -0.2) is 11.4 Å². The molecule has 0 atom stereocenters. The van der Waals surface area contributed by atoms with Crippen molar-refractivity contribution in [2.24, 2.45) is 0 Å². The number of rotatable bonds is 2. The van der Waals surface area contributed by atoms with Crippen LogP contribution < -0.4 is 5.32 Å². The summed E-state index contributed by atoms with van der Waals surface area (Å²) in [6.45, 7) is 3.79. The smallest absolute Gasteiger partial charge is 0.211 e. The molecule has 1 heterocycles. The number of anilines is 1. The lowest BCUT2D eigenvalue weighted by molar-refractivity contribution is -0.105. The van der Waals surface area contributed by atoms with Crippen molar-refractivity contribution >= 4 is 12.1 Å². The number of hydrogen-bond acceptors (Lipinski definition) is 2. The average Bonchev–Trinajstić information content (AvgIpc) is 1.98. The minimum atomic E-state index is 0.656. The van der Waals surface area contributed by atoms with Crippen LogP contribution in [0, 0.1) is 13.8 Å². The zero-order valence-electron chi connectivity index (χ0n) is 6.59. The second-order valence-electron chi connectivity index (χ2n) is 2.41. The molecule has 1 aromatic heterocycles. The van der Waals surface area contributed by atoms with Crippen LogP contribution in [0.15, 0.2) is 12.3 Å². The molecular weight excluding hydrogens is 140 g/mol. The Morgan fingerprint density at radius 1 is 1.55 bits per heavy atom. The molecule has 0 radical (unpaired) electrons. The maximum absolute atomic E-state index is 10.1. The first-order valence-electron chi connectivity index (χ1n) is 3.37. The van der Waals surface area contributed by atoms with Crippen LogP contribution in [0.25, 0.3) is 0 Å². The maximum Gasteiger partial charge on any atom is 0.211 e. The molecule has 58 valence electrons. The molecule has 1 aromatic rings. The number of hydrogen-bond donors (Lipinski definition) is 1. The third-order valence-corrected chi connectivity index (χ3v) is 1.44. The molecule has 0 unspecified atom stereocenters. The zero-order chi connectivity index (χ0) is 8.27. The number of nitrogens with zero attached hydrogens (tertiary/aromatic N) is 1. The van der Waals surface area contributed by atoms with E-state index < -0.39 is 0 Å². The number of aryl methyl sites for hydroxylation is 2. The maximum atomic E-state index is 10.1. The molecular formula is C8H10N2O. The molecule has 0 spiro atoms. The summed E-state index contributed by atoms with van der Waals surface area (Å²) in [6.07, 6.45) is 2.43. The molecule has 0 aromatic carbocycles. The Kier molecular flexibility index (Phi) is 2.21. The molecule has 3 nitrogen and oxygen atoms in total. The molecule has 0 fully saturated rings. The predicted molar refractivity (Wildman–Crippen MR) is 43.4 cm³/mol. The van der Waals surface area contributed by atoms with Crippen molar-refractivity contribution in [1.29, 1.82) is 0 Å². The predicted octanol–water partition coefficient (Wildman–Crippen LogP) is 1.27. The molecule has 0 aliphatic heterocycles. The lowest BCUT2D eigenvalue weighted by Gasteiger charge is -2.02. The molecule has 0 aliphatic carbocycles. The Hall–Kier alpha value is -1.38. The summed E-state index contributed by atoms with van der Waals surface area (Å²) in [5, 5.41) is 2.57. The van der Waals surface area contributed by atoms with Crippen molar-refractivity contribution in [1.82, 2.24) is 4.98 Å². The summed E-state index contributed by atoms with van der Waals surface area (Å²) >= 11 is 0. The standard InChI is InChI=1S/C8H10N2O/c1-6-3-8(10-5-11)7(2)9-4-6/h3-5H,1-2H3,(H,10,11). The highest BCUT2D eigenvalue weighted by atomic mass is 16.1. The van der Waals surface area contributed by atoms with E-state index >= 15 is 0 Å². The van der Waals surface area contributed by atoms with E-state index in [9.17, 15) is 4.79 Å². The van der Waals surface area contributed by atoms with Gasteiger partial charge in [0.2, 0.25) is 6.41 Å². The van der Waals surface area contributed by atoms with E-state index in [0.29, 0.717) is 6.41 Å². The quantitative estimate of drug-likeness (QED) is 0.645. The second kappa shape index (κ2) is 3.14. The normalized spacial score (nSPS) is 9.27. The van der Waals surface area contributed by atoms with Crippen molar-refractivity contribution in [2.75, 3.05) is 5.32 Å². The molecule has 0 saturated carbocycles. The van der Waals surface area contributed by atoms with Gasteiger partial charge in [-0.05, 0) is 25.5 Å². The Bertz CT molecular complexity index is 271. The molecule has 1 amide bonds. The summed E-state index contributed by atoms with van der Waals surface area (Å²) in [6, 6.07) is 1.89. The van der Waals surface area contributed by atoms with Gasteiger partial charge < -0.3 is 5.32 Å². The van der Waals surface area contributed by atoms with Crippen molar-refractivity contribution in [3.63, 3.8) is 0 Å². The lowest BCUT2D eigenvalue weighted by Crippen LogP contribution is -1.98. The number of carbonyl (C=O) groups is 1. The van der Waals surface area contributed by atoms with Gasteiger partial charge in [0.15, 0.2) is 0 Å². The van der Waals surface area contributed by atoms with E-state index in [1.54, 1.807) is 6.20 Å². The van der Waals surface area contributed by atoms with Crippen LogP contribution in [0.5, 0.6) is 0 Å². The highest BCUT2D eigenvalue weighted by molar-refractivity contribution is 5.72. The monoisotopic (exact) mass is 150 g/mol. The van der Waals surface area contributed by atoms with Gasteiger partial charge in [0.1, 0.15) is 0 Å². The van der Waals surface area contributed by atoms with Crippen LogP contribution in [-0.2, 0) is 4.79 Å². The van der Waals surface area contributed by atoms with Crippen LogP contribution >= 0.6 is 0 Å². The van der Waals surface area contributed by atoms with Gasteiger partial charge in [-0.1, -0.05) is 0 Å². The molecule has 0 aliphatic rings. The zero-order valence-corrected chi connectivity index (χ0v) is 6.59. The van der Waals surface area contributed by atoms with E-state index in [0.717, 1.165) is 16.9 Å². The second-order valence-corrected chi connectivity index (χ2v) is 2.41. The Morgan fingerprint density at radius 2 is 2.27 bits per heavy atom.